The van der Waals surface area contributed by atoms with Crippen molar-refractivity contribution in [3.05, 3.63) is 65.7 Å². The Balaban J connectivity index is 0.00000264. The van der Waals surface area contributed by atoms with Crippen LogP contribution in [-0.4, -0.2) is 19.6 Å². The van der Waals surface area contributed by atoms with Crippen molar-refractivity contribution in [2.75, 3.05) is 19.0 Å². The summed E-state index contributed by atoms with van der Waals surface area (Å²) in [5, 5.41) is 6.24. The van der Waals surface area contributed by atoms with Gasteiger partial charge in [0.15, 0.2) is 6.10 Å². The lowest BCUT2D eigenvalue weighted by Gasteiger charge is -2.17. The molecule has 0 aliphatic rings. The maximum Gasteiger partial charge on any atom is 0.258 e. The zero-order chi connectivity index (χ0) is 15.8. The van der Waals surface area contributed by atoms with Crippen LogP contribution in [0.5, 0.6) is 0 Å². The lowest BCUT2D eigenvalue weighted by Crippen LogP contribution is -2.24. The molecule has 0 spiro atoms. The molecular weight excluding hydrogens is 312 g/mol. The molecule has 0 heterocycles. The number of anilines is 1. The van der Waals surface area contributed by atoms with Gasteiger partial charge in [-0.3, -0.25) is 4.79 Å². The van der Waals surface area contributed by atoms with Crippen LogP contribution in [0.25, 0.3) is 0 Å². The van der Waals surface area contributed by atoms with E-state index in [4.69, 9.17) is 4.74 Å². The topological polar surface area (TPSA) is 50.4 Å². The molecule has 5 heteroatoms. The Morgan fingerprint density at radius 1 is 1.09 bits per heavy atom. The standard InChI is InChI=1S/C18H22N2O2.ClH/c1-3-19-13-15-11-7-8-12-16(15)20-18(21)17(22-2)14-9-5-4-6-10-14;/h4-12,17,19H,3,13H2,1-2H3,(H,20,21);1H. The van der Waals surface area contributed by atoms with Crippen LogP contribution in [-0.2, 0) is 16.1 Å². The molecule has 124 valence electrons. The molecule has 1 atom stereocenters. The van der Waals surface area contributed by atoms with Crippen LogP contribution in [0, 0.1) is 0 Å². The first-order chi connectivity index (χ1) is 10.8. The van der Waals surface area contributed by atoms with E-state index in [1.54, 1.807) is 7.11 Å². The summed E-state index contributed by atoms with van der Waals surface area (Å²) >= 11 is 0. The number of carbonyl (C=O) groups excluding carboxylic acids is 1. The number of halogens is 1. The molecule has 2 aromatic carbocycles. The lowest BCUT2D eigenvalue weighted by atomic mass is 10.1. The van der Waals surface area contributed by atoms with Crippen molar-refractivity contribution >= 4 is 24.0 Å². The van der Waals surface area contributed by atoms with Gasteiger partial charge in [0.25, 0.3) is 5.91 Å². The zero-order valence-corrected chi connectivity index (χ0v) is 14.2. The molecule has 0 aromatic heterocycles. The largest absolute Gasteiger partial charge is 0.367 e. The fourth-order valence-corrected chi connectivity index (χ4v) is 2.28. The minimum atomic E-state index is -0.617. The van der Waals surface area contributed by atoms with Gasteiger partial charge in [0.1, 0.15) is 0 Å². The fraction of sp³-hybridized carbons (Fsp3) is 0.278. The number of carbonyl (C=O) groups is 1. The lowest BCUT2D eigenvalue weighted by molar-refractivity contribution is -0.126. The van der Waals surface area contributed by atoms with Gasteiger partial charge in [0, 0.05) is 19.3 Å². The summed E-state index contributed by atoms with van der Waals surface area (Å²) < 4.78 is 5.36. The molecule has 0 fully saturated rings. The van der Waals surface area contributed by atoms with E-state index >= 15 is 0 Å². The SMILES string of the molecule is CCNCc1ccccc1NC(=O)C(OC)c1ccccc1.Cl. The highest BCUT2D eigenvalue weighted by Gasteiger charge is 2.20. The van der Waals surface area contributed by atoms with Crippen molar-refractivity contribution in [3.63, 3.8) is 0 Å². The quantitative estimate of drug-likeness (QED) is 0.814. The third-order valence-electron chi connectivity index (χ3n) is 3.42. The Kier molecular flexibility index (Phi) is 8.33. The highest BCUT2D eigenvalue weighted by Crippen LogP contribution is 2.21. The molecule has 2 N–H and O–H groups in total. The second kappa shape index (κ2) is 10.0. The van der Waals surface area contributed by atoms with Crippen LogP contribution in [0.15, 0.2) is 54.6 Å². The normalized spacial score (nSPS) is 11.4. The van der Waals surface area contributed by atoms with E-state index in [2.05, 4.69) is 17.6 Å². The molecule has 0 saturated carbocycles. The molecule has 1 unspecified atom stereocenters. The second-order valence-electron chi connectivity index (χ2n) is 4.95. The average Bonchev–Trinajstić information content (AvgIpc) is 2.56. The van der Waals surface area contributed by atoms with Crippen molar-refractivity contribution in [1.82, 2.24) is 5.32 Å². The number of hydrogen-bond acceptors (Lipinski definition) is 3. The number of para-hydroxylation sites is 1. The molecule has 1 amide bonds. The number of nitrogens with one attached hydrogen (secondary N) is 2. The third kappa shape index (κ3) is 5.36. The number of amides is 1. The number of rotatable bonds is 7. The number of ether oxygens (including phenoxy) is 1. The molecule has 23 heavy (non-hydrogen) atoms. The number of benzene rings is 2. The predicted octanol–water partition coefficient (Wildman–Crippen LogP) is 3.54. The molecule has 4 nitrogen and oxygen atoms in total. The molecular formula is C18H23ClN2O2. The van der Waals surface area contributed by atoms with Crippen molar-refractivity contribution in [1.29, 1.82) is 0 Å². The summed E-state index contributed by atoms with van der Waals surface area (Å²) in [6.45, 7) is 3.65. The Labute approximate surface area is 143 Å². The van der Waals surface area contributed by atoms with Crippen molar-refractivity contribution in [3.8, 4) is 0 Å². The highest BCUT2D eigenvalue weighted by molar-refractivity contribution is 5.95. The Morgan fingerprint density at radius 3 is 2.39 bits per heavy atom. The van der Waals surface area contributed by atoms with Gasteiger partial charge in [-0.1, -0.05) is 55.5 Å². The highest BCUT2D eigenvalue weighted by atomic mass is 35.5. The minimum absolute atomic E-state index is 0. The second-order valence-corrected chi connectivity index (χ2v) is 4.95. The molecule has 2 rings (SSSR count). The first-order valence-electron chi connectivity index (χ1n) is 7.43. The third-order valence-corrected chi connectivity index (χ3v) is 3.42. The minimum Gasteiger partial charge on any atom is -0.367 e. The van der Waals surface area contributed by atoms with Gasteiger partial charge in [0.05, 0.1) is 0 Å². The Bertz CT molecular complexity index is 605. The fourth-order valence-electron chi connectivity index (χ4n) is 2.28. The summed E-state index contributed by atoms with van der Waals surface area (Å²) in [5.41, 5.74) is 2.71. The monoisotopic (exact) mass is 334 g/mol. The van der Waals surface area contributed by atoms with Gasteiger partial charge < -0.3 is 15.4 Å². The van der Waals surface area contributed by atoms with Gasteiger partial charge in [-0.25, -0.2) is 0 Å². The molecule has 2 aromatic rings. The van der Waals surface area contributed by atoms with Crippen molar-refractivity contribution in [2.45, 2.75) is 19.6 Å². The van der Waals surface area contributed by atoms with Gasteiger partial charge in [-0.2, -0.15) is 0 Å². The van der Waals surface area contributed by atoms with Crippen LogP contribution in [0.1, 0.15) is 24.2 Å². The molecule has 0 aliphatic heterocycles. The first-order valence-corrected chi connectivity index (χ1v) is 7.43. The van der Waals surface area contributed by atoms with E-state index in [9.17, 15) is 4.79 Å². The van der Waals surface area contributed by atoms with E-state index in [1.165, 1.54) is 0 Å². The summed E-state index contributed by atoms with van der Waals surface area (Å²) in [7, 11) is 1.54. The van der Waals surface area contributed by atoms with Gasteiger partial charge in [-0.15, -0.1) is 12.4 Å². The maximum atomic E-state index is 12.5. The van der Waals surface area contributed by atoms with Crippen LogP contribution < -0.4 is 10.6 Å². The number of methoxy groups -OCH3 is 1. The Hall–Kier alpha value is -1.88. The van der Waals surface area contributed by atoms with E-state index in [0.29, 0.717) is 0 Å². The Morgan fingerprint density at radius 2 is 1.74 bits per heavy atom. The predicted molar refractivity (Wildman–Crippen MR) is 95.9 cm³/mol. The van der Waals surface area contributed by atoms with Gasteiger partial charge in [0.2, 0.25) is 0 Å². The van der Waals surface area contributed by atoms with Crippen molar-refractivity contribution < 1.29 is 9.53 Å². The zero-order valence-electron chi connectivity index (χ0n) is 13.4. The van der Waals surface area contributed by atoms with E-state index in [0.717, 1.165) is 29.9 Å². The van der Waals surface area contributed by atoms with Crippen LogP contribution >= 0.6 is 12.4 Å². The van der Waals surface area contributed by atoms with Crippen LogP contribution in [0.3, 0.4) is 0 Å². The van der Waals surface area contributed by atoms with E-state index in [1.807, 2.05) is 54.6 Å². The summed E-state index contributed by atoms with van der Waals surface area (Å²) in [5.74, 6) is -0.169. The van der Waals surface area contributed by atoms with Gasteiger partial charge in [-0.05, 0) is 23.7 Å². The summed E-state index contributed by atoms with van der Waals surface area (Å²) in [6, 6.07) is 17.3. The van der Waals surface area contributed by atoms with Crippen LogP contribution in [0.2, 0.25) is 0 Å². The average molecular weight is 335 g/mol. The van der Waals surface area contributed by atoms with E-state index in [-0.39, 0.29) is 18.3 Å². The molecule has 0 saturated heterocycles. The molecule has 0 aliphatic carbocycles. The molecule has 0 radical (unpaired) electrons. The molecule has 0 bridgehead atoms. The smallest absolute Gasteiger partial charge is 0.258 e. The first kappa shape index (κ1) is 19.2. The van der Waals surface area contributed by atoms with Gasteiger partial charge >= 0.3 is 0 Å². The summed E-state index contributed by atoms with van der Waals surface area (Å²) in [4.78, 5) is 12.5. The van der Waals surface area contributed by atoms with Crippen molar-refractivity contribution in [2.24, 2.45) is 0 Å². The summed E-state index contributed by atoms with van der Waals surface area (Å²) in [6.07, 6.45) is -0.617. The van der Waals surface area contributed by atoms with Crippen LogP contribution in [0.4, 0.5) is 5.69 Å². The maximum absolute atomic E-state index is 12.5. The van der Waals surface area contributed by atoms with E-state index < -0.39 is 6.10 Å². The number of hydrogen-bond donors (Lipinski definition) is 2.